The Labute approximate surface area is 140 Å². The van der Waals surface area contributed by atoms with Gasteiger partial charge in [0.2, 0.25) is 11.8 Å². The summed E-state index contributed by atoms with van der Waals surface area (Å²) in [6.45, 7) is 2.73. The molecule has 0 saturated heterocycles. The van der Waals surface area contributed by atoms with E-state index in [1.54, 1.807) is 30.1 Å². The molecule has 22 heavy (non-hydrogen) atoms. The minimum absolute atomic E-state index is 0.123. The Hall–Kier alpha value is -1.26. The summed E-state index contributed by atoms with van der Waals surface area (Å²) in [7, 11) is 1.74. The zero-order valence-corrected chi connectivity index (χ0v) is 14.3. The highest BCUT2D eigenvalue weighted by Gasteiger charge is 2.57. The largest absolute Gasteiger partial charge is 0.345 e. The molecule has 1 N–H and O–H groups in total. The summed E-state index contributed by atoms with van der Waals surface area (Å²) >= 11 is 12.1. The molecule has 120 valence electrons. The zero-order chi connectivity index (χ0) is 16.3. The van der Waals surface area contributed by atoms with Crippen LogP contribution in [-0.2, 0) is 9.59 Å². The fraction of sp³-hybridized carbons (Fsp3) is 0.500. The Morgan fingerprint density at radius 1 is 1.27 bits per heavy atom. The van der Waals surface area contributed by atoms with Crippen LogP contribution >= 0.6 is 23.2 Å². The van der Waals surface area contributed by atoms with Crippen molar-refractivity contribution < 1.29 is 9.59 Å². The molecule has 1 aromatic rings. The van der Waals surface area contributed by atoms with Gasteiger partial charge in [-0.1, -0.05) is 42.6 Å². The van der Waals surface area contributed by atoms with Crippen molar-refractivity contribution >= 4 is 40.7 Å². The van der Waals surface area contributed by atoms with E-state index in [1.165, 1.54) is 0 Å². The molecule has 0 atom stereocenters. The molecule has 0 aliphatic heterocycles. The van der Waals surface area contributed by atoms with Crippen LogP contribution in [-0.4, -0.2) is 30.3 Å². The number of carbonyl (C=O) groups is 2. The smallest absolute Gasteiger partial charge is 0.240 e. The van der Waals surface area contributed by atoms with Gasteiger partial charge in [0.25, 0.3) is 0 Å². The Morgan fingerprint density at radius 3 is 2.36 bits per heavy atom. The minimum atomic E-state index is -0.953. The third kappa shape index (κ3) is 3.39. The Kier molecular flexibility index (Phi) is 5.35. The van der Waals surface area contributed by atoms with E-state index in [2.05, 4.69) is 12.2 Å². The van der Waals surface area contributed by atoms with Gasteiger partial charge in [0.15, 0.2) is 0 Å². The van der Waals surface area contributed by atoms with E-state index >= 15 is 0 Å². The van der Waals surface area contributed by atoms with Gasteiger partial charge in [-0.25, -0.2) is 0 Å². The average Bonchev–Trinajstić information content (AvgIpc) is 3.29. The second-order valence-corrected chi connectivity index (χ2v) is 6.53. The lowest BCUT2D eigenvalue weighted by Gasteiger charge is -2.23. The molecule has 0 aromatic heterocycles. The number of amides is 2. The summed E-state index contributed by atoms with van der Waals surface area (Å²) in [5.41, 5.74) is -0.587. The maximum atomic E-state index is 12.5. The van der Waals surface area contributed by atoms with Crippen molar-refractivity contribution in [1.29, 1.82) is 0 Å². The maximum absolute atomic E-state index is 12.5. The number of nitrogens with zero attached hydrogens (tertiary/aromatic N) is 1. The van der Waals surface area contributed by atoms with Crippen molar-refractivity contribution in [3.8, 4) is 0 Å². The van der Waals surface area contributed by atoms with E-state index in [1.807, 2.05) is 0 Å². The van der Waals surface area contributed by atoms with Crippen molar-refractivity contribution in [2.24, 2.45) is 5.41 Å². The molecule has 6 heteroatoms. The molecule has 1 fully saturated rings. The average molecular weight is 343 g/mol. The van der Waals surface area contributed by atoms with Gasteiger partial charge in [-0.3, -0.25) is 9.59 Å². The number of rotatable bonds is 6. The predicted molar refractivity (Wildman–Crippen MR) is 89.3 cm³/mol. The Morgan fingerprint density at radius 2 is 1.86 bits per heavy atom. The summed E-state index contributed by atoms with van der Waals surface area (Å²) < 4.78 is 0. The van der Waals surface area contributed by atoms with Gasteiger partial charge >= 0.3 is 0 Å². The standard InChI is InChI=1S/C16H20Cl2N2O2/c1-3-4-10-20(2)15(22)16(8-9-16)14(21)19-13-11(17)6-5-7-12(13)18/h5-7H,3-4,8-10H2,1-2H3,(H,19,21). The molecule has 2 amide bonds. The highest BCUT2D eigenvalue weighted by Crippen LogP contribution is 2.48. The molecule has 1 aliphatic carbocycles. The van der Waals surface area contributed by atoms with E-state index < -0.39 is 5.41 Å². The van der Waals surface area contributed by atoms with Crippen LogP contribution in [0.15, 0.2) is 18.2 Å². The fourth-order valence-corrected chi connectivity index (χ4v) is 2.87. The molecule has 0 heterocycles. The number of para-hydroxylation sites is 1. The first-order valence-corrected chi connectivity index (χ1v) is 8.19. The van der Waals surface area contributed by atoms with Crippen molar-refractivity contribution in [3.05, 3.63) is 28.2 Å². The summed E-state index contributed by atoms with van der Waals surface area (Å²) in [6.07, 6.45) is 3.06. The highest BCUT2D eigenvalue weighted by molar-refractivity contribution is 6.40. The summed E-state index contributed by atoms with van der Waals surface area (Å²) in [6, 6.07) is 5.01. The molecule has 2 rings (SSSR count). The summed E-state index contributed by atoms with van der Waals surface area (Å²) in [5.74, 6) is -0.447. The van der Waals surface area contributed by atoms with Crippen LogP contribution in [0.1, 0.15) is 32.6 Å². The lowest BCUT2D eigenvalue weighted by Crippen LogP contribution is -2.41. The lowest BCUT2D eigenvalue weighted by molar-refractivity contribution is -0.141. The number of benzene rings is 1. The lowest BCUT2D eigenvalue weighted by atomic mass is 10.0. The van der Waals surface area contributed by atoms with Crippen LogP contribution in [0.4, 0.5) is 5.69 Å². The number of hydrogen-bond acceptors (Lipinski definition) is 2. The van der Waals surface area contributed by atoms with Crippen molar-refractivity contribution in [2.45, 2.75) is 32.6 Å². The highest BCUT2D eigenvalue weighted by atomic mass is 35.5. The van der Waals surface area contributed by atoms with Crippen LogP contribution in [0.2, 0.25) is 10.0 Å². The third-order valence-corrected chi connectivity index (χ3v) is 4.62. The van der Waals surface area contributed by atoms with Gasteiger partial charge < -0.3 is 10.2 Å². The number of anilines is 1. The second kappa shape index (κ2) is 6.88. The van der Waals surface area contributed by atoms with Gasteiger partial charge in [-0.2, -0.15) is 0 Å². The quantitative estimate of drug-likeness (QED) is 0.795. The molecule has 0 radical (unpaired) electrons. The van der Waals surface area contributed by atoms with Crippen molar-refractivity contribution in [1.82, 2.24) is 4.90 Å². The Bertz CT molecular complexity index is 565. The topological polar surface area (TPSA) is 49.4 Å². The molecular weight excluding hydrogens is 323 g/mol. The SMILES string of the molecule is CCCCN(C)C(=O)C1(C(=O)Nc2c(Cl)cccc2Cl)CC1. The second-order valence-electron chi connectivity index (χ2n) is 5.71. The molecule has 0 unspecified atom stereocenters. The summed E-state index contributed by atoms with van der Waals surface area (Å²) in [4.78, 5) is 26.7. The van der Waals surface area contributed by atoms with Crippen LogP contribution in [0, 0.1) is 5.41 Å². The molecular formula is C16H20Cl2N2O2. The first-order valence-electron chi connectivity index (χ1n) is 7.43. The number of nitrogens with one attached hydrogen (secondary N) is 1. The van der Waals surface area contributed by atoms with Crippen LogP contribution in [0.5, 0.6) is 0 Å². The molecule has 1 saturated carbocycles. The molecule has 1 aliphatic rings. The molecule has 0 spiro atoms. The number of unbranched alkanes of at least 4 members (excludes halogenated alkanes) is 1. The third-order valence-electron chi connectivity index (χ3n) is 3.99. The molecule has 1 aromatic carbocycles. The van der Waals surface area contributed by atoms with Crippen molar-refractivity contribution in [2.75, 3.05) is 18.9 Å². The summed E-state index contributed by atoms with van der Waals surface area (Å²) in [5, 5.41) is 3.45. The van der Waals surface area contributed by atoms with E-state index in [-0.39, 0.29) is 11.8 Å². The molecule has 4 nitrogen and oxygen atoms in total. The van der Waals surface area contributed by atoms with Crippen LogP contribution in [0.25, 0.3) is 0 Å². The number of halogens is 2. The monoisotopic (exact) mass is 342 g/mol. The first kappa shape index (κ1) is 17.1. The number of carbonyl (C=O) groups excluding carboxylic acids is 2. The normalized spacial score (nSPS) is 15.3. The van der Waals surface area contributed by atoms with E-state index in [0.29, 0.717) is 35.1 Å². The number of hydrogen-bond donors (Lipinski definition) is 1. The molecule has 0 bridgehead atoms. The fourth-order valence-electron chi connectivity index (χ4n) is 2.38. The van der Waals surface area contributed by atoms with Gasteiger partial charge in [0, 0.05) is 13.6 Å². The van der Waals surface area contributed by atoms with Gasteiger partial charge in [-0.15, -0.1) is 0 Å². The first-order chi connectivity index (χ1) is 10.4. The maximum Gasteiger partial charge on any atom is 0.240 e. The minimum Gasteiger partial charge on any atom is -0.345 e. The predicted octanol–water partition coefficient (Wildman–Crippen LogP) is 3.97. The van der Waals surface area contributed by atoms with Gasteiger partial charge in [0.1, 0.15) is 5.41 Å². The zero-order valence-electron chi connectivity index (χ0n) is 12.8. The van der Waals surface area contributed by atoms with Gasteiger partial charge in [0.05, 0.1) is 15.7 Å². The Balaban J connectivity index is 2.10. The van der Waals surface area contributed by atoms with E-state index in [4.69, 9.17) is 23.2 Å². The van der Waals surface area contributed by atoms with Crippen LogP contribution < -0.4 is 5.32 Å². The van der Waals surface area contributed by atoms with Crippen LogP contribution in [0.3, 0.4) is 0 Å². The van der Waals surface area contributed by atoms with Crippen molar-refractivity contribution in [3.63, 3.8) is 0 Å². The van der Waals surface area contributed by atoms with Gasteiger partial charge in [-0.05, 0) is 31.4 Å². The van der Waals surface area contributed by atoms with E-state index in [0.717, 1.165) is 12.8 Å². The van der Waals surface area contributed by atoms with E-state index in [9.17, 15) is 9.59 Å².